The summed E-state index contributed by atoms with van der Waals surface area (Å²) >= 11 is 0. The smallest absolute Gasteiger partial charge is 0.335 e. The molecule has 2 aromatic rings. The minimum absolute atomic E-state index is 0.0937. The fourth-order valence-corrected chi connectivity index (χ4v) is 4.02. The number of Topliss-reactive ketones (excluding diaryl/α,β-unsaturated/α-hetero) is 1. The Kier molecular flexibility index (Phi) is 11.0. The van der Waals surface area contributed by atoms with Crippen molar-refractivity contribution in [3.05, 3.63) is 59.7 Å². The molecule has 0 bridgehead atoms. The van der Waals surface area contributed by atoms with Gasteiger partial charge in [-0.25, -0.2) is 4.79 Å². The average molecular weight is 534 g/mol. The summed E-state index contributed by atoms with van der Waals surface area (Å²) in [7, 11) is 0. The molecule has 1 aliphatic rings. The van der Waals surface area contributed by atoms with Gasteiger partial charge < -0.3 is 45.1 Å². The number of aliphatic carboxylic acids is 1. The van der Waals surface area contributed by atoms with Crippen molar-refractivity contribution in [1.29, 1.82) is 0 Å². The van der Waals surface area contributed by atoms with E-state index in [2.05, 4.69) is 5.32 Å². The number of carbonyl (C=O) groups is 2. The maximum atomic E-state index is 13.0. The number of phenolic OH excluding ortho intramolecular Hbond substituents is 1. The number of benzene rings is 2. The van der Waals surface area contributed by atoms with Crippen molar-refractivity contribution >= 4 is 11.8 Å². The highest BCUT2D eigenvalue weighted by Gasteiger charge is 2.48. The van der Waals surface area contributed by atoms with E-state index in [4.69, 9.17) is 14.2 Å². The van der Waals surface area contributed by atoms with E-state index in [9.17, 15) is 35.1 Å². The SMILES string of the molecule is CCCNC[C@H](COc1ccc(O)cc1C(=O)CCc1ccccc1)O[C@@H]1O[C@H](C(=O)O)[C@@H](O)[C@H](O)[C@H]1O. The maximum absolute atomic E-state index is 13.0. The number of aliphatic hydroxyl groups is 3. The van der Waals surface area contributed by atoms with Gasteiger partial charge in [0.1, 0.15) is 42.5 Å². The van der Waals surface area contributed by atoms with Crippen LogP contribution in [0.15, 0.2) is 48.5 Å². The number of aliphatic hydroxyl groups excluding tert-OH is 3. The van der Waals surface area contributed by atoms with Crippen LogP contribution in [0.5, 0.6) is 11.5 Å². The summed E-state index contributed by atoms with van der Waals surface area (Å²) in [6.45, 7) is 2.68. The van der Waals surface area contributed by atoms with Crippen molar-refractivity contribution in [3.63, 3.8) is 0 Å². The summed E-state index contributed by atoms with van der Waals surface area (Å²) in [4.78, 5) is 24.4. The number of ketones is 1. The zero-order valence-corrected chi connectivity index (χ0v) is 21.1. The third-order valence-electron chi connectivity index (χ3n) is 6.11. The first-order chi connectivity index (χ1) is 18.2. The molecule has 0 amide bonds. The van der Waals surface area contributed by atoms with E-state index in [0.29, 0.717) is 13.0 Å². The molecule has 2 aromatic carbocycles. The lowest BCUT2D eigenvalue weighted by Crippen LogP contribution is -2.61. The fraction of sp³-hybridized carbons (Fsp3) is 0.481. The molecule has 11 nitrogen and oxygen atoms in total. The van der Waals surface area contributed by atoms with Gasteiger partial charge in [0, 0.05) is 13.0 Å². The van der Waals surface area contributed by atoms with Crippen LogP contribution in [0.1, 0.15) is 35.7 Å². The van der Waals surface area contributed by atoms with Crippen molar-refractivity contribution in [3.8, 4) is 11.5 Å². The first-order valence-electron chi connectivity index (χ1n) is 12.5. The summed E-state index contributed by atoms with van der Waals surface area (Å²) in [5.74, 6) is -1.62. The Hall–Kier alpha value is -3.06. The van der Waals surface area contributed by atoms with Crippen molar-refractivity contribution in [1.82, 2.24) is 5.32 Å². The van der Waals surface area contributed by atoms with E-state index >= 15 is 0 Å². The van der Waals surface area contributed by atoms with Gasteiger partial charge in [-0.1, -0.05) is 37.3 Å². The molecule has 0 saturated carbocycles. The number of carboxylic acids is 1. The molecular weight excluding hydrogens is 498 g/mol. The highest BCUT2D eigenvalue weighted by atomic mass is 16.7. The normalized spacial score (nSPS) is 24.1. The Morgan fingerprint density at radius 2 is 1.79 bits per heavy atom. The lowest BCUT2D eigenvalue weighted by atomic mass is 9.99. The van der Waals surface area contributed by atoms with Gasteiger partial charge in [0.05, 0.1) is 5.56 Å². The second-order valence-electron chi connectivity index (χ2n) is 9.10. The lowest BCUT2D eigenvalue weighted by Gasteiger charge is -2.39. The number of carboxylic acid groups (broad SMARTS) is 1. The number of hydrogen-bond acceptors (Lipinski definition) is 10. The van der Waals surface area contributed by atoms with E-state index in [-0.39, 0.29) is 42.4 Å². The molecule has 3 rings (SSSR count). The molecule has 1 aliphatic heterocycles. The number of hydrogen-bond donors (Lipinski definition) is 6. The Bertz CT molecular complexity index is 1050. The van der Waals surface area contributed by atoms with Crippen molar-refractivity contribution in [2.75, 3.05) is 19.7 Å². The van der Waals surface area contributed by atoms with Crippen LogP contribution in [0.2, 0.25) is 0 Å². The zero-order chi connectivity index (χ0) is 27.7. The predicted molar refractivity (Wildman–Crippen MR) is 135 cm³/mol. The van der Waals surface area contributed by atoms with E-state index in [1.807, 2.05) is 37.3 Å². The van der Waals surface area contributed by atoms with Gasteiger partial charge in [-0.05, 0) is 43.1 Å². The molecule has 1 saturated heterocycles. The van der Waals surface area contributed by atoms with Crippen LogP contribution in [-0.2, 0) is 20.7 Å². The van der Waals surface area contributed by atoms with Crippen LogP contribution < -0.4 is 10.1 Å². The first-order valence-corrected chi connectivity index (χ1v) is 12.5. The molecule has 0 spiro atoms. The molecule has 6 N–H and O–H groups in total. The maximum Gasteiger partial charge on any atom is 0.335 e. The van der Waals surface area contributed by atoms with Crippen molar-refractivity contribution in [2.24, 2.45) is 0 Å². The van der Waals surface area contributed by atoms with Gasteiger partial charge in [-0.2, -0.15) is 0 Å². The van der Waals surface area contributed by atoms with Gasteiger partial charge in [0.25, 0.3) is 0 Å². The lowest BCUT2D eigenvalue weighted by molar-refractivity contribution is -0.305. The van der Waals surface area contributed by atoms with Gasteiger partial charge in [-0.3, -0.25) is 4.79 Å². The Morgan fingerprint density at radius 3 is 2.47 bits per heavy atom. The predicted octanol–water partition coefficient (Wildman–Crippen LogP) is 0.863. The van der Waals surface area contributed by atoms with Crippen molar-refractivity contribution < 1.29 is 49.3 Å². The number of rotatable bonds is 14. The number of nitrogens with one attached hydrogen (secondary N) is 1. The number of ether oxygens (including phenoxy) is 3. The van der Waals surface area contributed by atoms with Crippen molar-refractivity contribution in [2.45, 2.75) is 63.0 Å². The second-order valence-corrected chi connectivity index (χ2v) is 9.10. The topological polar surface area (TPSA) is 175 Å². The number of carbonyl (C=O) groups excluding carboxylic acids is 1. The summed E-state index contributed by atoms with van der Waals surface area (Å²) < 4.78 is 16.9. The van der Waals surface area contributed by atoms with Crippen LogP contribution in [0.25, 0.3) is 0 Å². The molecule has 6 atom stereocenters. The summed E-state index contributed by atoms with van der Waals surface area (Å²) in [6, 6.07) is 13.7. The summed E-state index contributed by atoms with van der Waals surface area (Å²) in [5, 5.41) is 52.7. The Morgan fingerprint density at radius 1 is 1.05 bits per heavy atom. The van der Waals surface area contributed by atoms with Gasteiger partial charge in [-0.15, -0.1) is 0 Å². The minimum Gasteiger partial charge on any atom is -0.508 e. The first kappa shape index (κ1) is 29.5. The quantitative estimate of drug-likeness (QED) is 0.150. The monoisotopic (exact) mass is 533 g/mol. The number of phenols is 1. The summed E-state index contributed by atoms with van der Waals surface area (Å²) in [6.07, 6.45) is -7.98. The molecule has 0 radical (unpaired) electrons. The van der Waals surface area contributed by atoms with Gasteiger partial charge in [0.15, 0.2) is 18.2 Å². The number of aromatic hydroxyl groups is 1. The molecular formula is C27H35NO10. The van der Waals surface area contributed by atoms with E-state index in [1.54, 1.807) is 0 Å². The van der Waals surface area contributed by atoms with Crippen LogP contribution in [0.4, 0.5) is 0 Å². The fourth-order valence-electron chi connectivity index (χ4n) is 4.02. The average Bonchev–Trinajstić information content (AvgIpc) is 2.91. The Labute approximate surface area is 220 Å². The van der Waals surface area contributed by atoms with Gasteiger partial charge >= 0.3 is 5.97 Å². The molecule has 11 heteroatoms. The van der Waals surface area contributed by atoms with E-state index in [0.717, 1.165) is 12.0 Å². The zero-order valence-electron chi connectivity index (χ0n) is 21.1. The summed E-state index contributed by atoms with van der Waals surface area (Å²) in [5.41, 5.74) is 1.19. The minimum atomic E-state index is -1.84. The van der Waals surface area contributed by atoms with Crippen LogP contribution in [0, 0.1) is 0 Å². The largest absolute Gasteiger partial charge is 0.508 e. The van der Waals surface area contributed by atoms with E-state index < -0.39 is 42.8 Å². The van der Waals surface area contributed by atoms with Crippen LogP contribution in [-0.4, -0.2) is 93.8 Å². The van der Waals surface area contributed by atoms with E-state index in [1.165, 1.54) is 18.2 Å². The molecule has 1 heterocycles. The molecule has 0 aromatic heterocycles. The highest BCUT2D eigenvalue weighted by molar-refractivity contribution is 5.99. The van der Waals surface area contributed by atoms with Crippen LogP contribution >= 0.6 is 0 Å². The molecule has 0 unspecified atom stereocenters. The second kappa shape index (κ2) is 14.2. The molecule has 208 valence electrons. The standard InChI is InChI=1S/C27H35NO10/c1-2-12-28-14-18(37-27-24(33)22(31)23(32)25(38-27)26(34)35)15-36-21-11-9-17(29)13-19(21)20(30)10-8-16-6-4-3-5-7-16/h3-7,9,11,13,18,22-25,27-29,31-33H,2,8,10,12,14-15H2,1H3,(H,34,35)/t18-,22+,23+,24-,25+,27-/m1/s1. The third kappa shape index (κ3) is 7.97. The molecule has 0 aliphatic carbocycles. The molecule has 38 heavy (non-hydrogen) atoms. The third-order valence-corrected chi connectivity index (χ3v) is 6.11. The Balaban J connectivity index is 1.71. The molecule has 1 fully saturated rings. The van der Waals surface area contributed by atoms with Crippen LogP contribution in [0.3, 0.4) is 0 Å². The number of aryl methyl sites for hydroxylation is 1. The van der Waals surface area contributed by atoms with Gasteiger partial charge in [0.2, 0.25) is 0 Å². The highest BCUT2D eigenvalue weighted by Crippen LogP contribution is 2.27.